The van der Waals surface area contributed by atoms with E-state index in [-0.39, 0.29) is 22.8 Å². The minimum atomic E-state index is -2.01. The van der Waals surface area contributed by atoms with E-state index in [4.69, 9.17) is 13.9 Å². The molecule has 2 aliphatic heterocycles. The zero-order valence-corrected chi connectivity index (χ0v) is 18.4. The van der Waals surface area contributed by atoms with E-state index >= 15 is 0 Å². The molecule has 0 aliphatic carbocycles. The maximum absolute atomic E-state index is 12.4. The zero-order chi connectivity index (χ0) is 20.9. The zero-order valence-electron chi connectivity index (χ0n) is 17.4. The molecule has 5 atom stereocenters. The van der Waals surface area contributed by atoms with Crippen molar-refractivity contribution in [3.63, 3.8) is 0 Å². The van der Waals surface area contributed by atoms with Crippen molar-refractivity contribution >= 4 is 14.3 Å². The van der Waals surface area contributed by atoms with E-state index in [1.807, 2.05) is 6.92 Å². The van der Waals surface area contributed by atoms with Gasteiger partial charge in [-0.2, -0.15) is 0 Å². The fourth-order valence-electron chi connectivity index (χ4n) is 3.68. The van der Waals surface area contributed by atoms with Crippen molar-refractivity contribution in [1.29, 1.82) is 0 Å². The summed E-state index contributed by atoms with van der Waals surface area (Å²) in [6, 6.07) is 1.28. The van der Waals surface area contributed by atoms with Crippen molar-refractivity contribution in [2.45, 2.75) is 70.7 Å². The van der Waals surface area contributed by atoms with Gasteiger partial charge in [0.2, 0.25) is 0 Å². The van der Waals surface area contributed by atoms with Gasteiger partial charge in [-0.3, -0.25) is 19.1 Å². The number of hydrogen-bond donors (Lipinski definition) is 1. The number of nitrogens with zero attached hydrogens (tertiary/aromatic N) is 1. The first-order valence-electron chi connectivity index (χ1n) is 9.77. The Kier molecular flexibility index (Phi) is 5.46. The van der Waals surface area contributed by atoms with Crippen LogP contribution < -0.4 is 11.2 Å². The molecule has 2 aliphatic rings. The molecule has 0 saturated carbocycles. The summed E-state index contributed by atoms with van der Waals surface area (Å²) in [6.07, 6.45) is 0.400. The van der Waals surface area contributed by atoms with E-state index < -0.39 is 38.0 Å². The summed E-state index contributed by atoms with van der Waals surface area (Å²) >= 11 is 0. The van der Waals surface area contributed by atoms with E-state index in [0.29, 0.717) is 13.0 Å². The number of carbonyl (C=O) groups excluding carboxylic acids is 1. The quantitative estimate of drug-likeness (QED) is 0.589. The lowest BCUT2D eigenvalue weighted by molar-refractivity contribution is -0.151. The fraction of sp³-hybridized carbons (Fsp3) is 0.737. The van der Waals surface area contributed by atoms with Crippen LogP contribution in [0.4, 0.5) is 0 Å². The number of aromatic nitrogens is 2. The first-order chi connectivity index (χ1) is 13.0. The Hall–Kier alpha value is -1.71. The number of aromatic amines is 1. The van der Waals surface area contributed by atoms with E-state index in [1.54, 1.807) is 0 Å². The Labute approximate surface area is 165 Å². The third kappa shape index (κ3) is 3.62. The highest BCUT2D eigenvalue weighted by Gasteiger charge is 2.58. The van der Waals surface area contributed by atoms with Crippen LogP contribution in [-0.4, -0.2) is 42.7 Å². The highest BCUT2D eigenvalue weighted by Crippen LogP contribution is 2.47. The summed E-state index contributed by atoms with van der Waals surface area (Å²) < 4.78 is 19.5. The van der Waals surface area contributed by atoms with Crippen molar-refractivity contribution in [2.75, 3.05) is 6.61 Å². The molecule has 156 valence electrons. The maximum Gasteiger partial charge on any atom is 0.330 e. The summed E-state index contributed by atoms with van der Waals surface area (Å²) in [6.45, 7) is 13.0. The monoisotopic (exact) mass is 410 g/mol. The Morgan fingerprint density at radius 2 is 1.93 bits per heavy atom. The number of fused-ring (bicyclic) bond motifs is 1. The molecule has 2 saturated heterocycles. The smallest absolute Gasteiger partial charge is 0.330 e. The van der Waals surface area contributed by atoms with Gasteiger partial charge < -0.3 is 13.9 Å². The van der Waals surface area contributed by atoms with Crippen LogP contribution in [0, 0.1) is 11.8 Å². The molecule has 0 bridgehead atoms. The van der Waals surface area contributed by atoms with Crippen molar-refractivity contribution in [1.82, 2.24) is 9.55 Å². The summed E-state index contributed by atoms with van der Waals surface area (Å²) in [5.41, 5.74) is -1.03. The number of H-pyrrole nitrogens is 1. The van der Waals surface area contributed by atoms with Gasteiger partial charge in [0, 0.05) is 12.3 Å². The van der Waals surface area contributed by atoms with Crippen LogP contribution in [0.15, 0.2) is 21.9 Å². The third-order valence-corrected chi connectivity index (χ3v) is 10.9. The molecule has 28 heavy (non-hydrogen) atoms. The number of carbonyl (C=O) groups is 1. The highest BCUT2D eigenvalue weighted by atomic mass is 28.4. The van der Waals surface area contributed by atoms with Gasteiger partial charge in [-0.25, -0.2) is 4.79 Å². The van der Waals surface area contributed by atoms with Gasteiger partial charge in [-0.05, 0) is 24.6 Å². The molecule has 0 radical (unpaired) electrons. The minimum absolute atomic E-state index is 0.0402. The predicted molar refractivity (Wildman–Crippen MR) is 106 cm³/mol. The van der Waals surface area contributed by atoms with Gasteiger partial charge >= 0.3 is 11.7 Å². The van der Waals surface area contributed by atoms with Gasteiger partial charge in [-0.1, -0.05) is 27.7 Å². The molecule has 3 rings (SSSR count). The molecule has 9 heteroatoms. The van der Waals surface area contributed by atoms with E-state index in [0.717, 1.165) is 0 Å². The van der Waals surface area contributed by atoms with Crippen molar-refractivity contribution in [3.05, 3.63) is 33.1 Å². The molecule has 0 aromatic carbocycles. The lowest BCUT2D eigenvalue weighted by Gasteiger charge is -2.37. The molecular weight excluding hydrogens is 380 g/mol. The van der Waals surface area contributed by atoms with Gasteiger partial charge in [0.1, 0.15) is 18.4 Å². The third-order valence-electron chi connectivity index (χ3n) is 6.39. The molecule has 0 unspecified atom stereocenters. The van der Waals surface area contributed by atoms with E-state index in [2.05, 4.69) is 38.8 Å². The topological polar surface area (TPSA) is 99.6 Å². The van der Waals surface area contributed by atoms with E-state index in [1.165, 1.54) is 16.8 Å². The normalized spacial score (nSPS) is 30.4. The second-order valence-electron chi connectivity index (χ2n) is 9.15. The largest absolute Gasteiger partial charge is 0.459 e. The lowest BCUT2D eigenvalue weighted by Crippen LogP contribution is -2.44. The molecule has 2 fully saturated rings. The molecule has 0 spiro atoms. The number of rotatable bonds is 5. The lowest BCUT2D eigenvalue weighted by atomic mass is 9.87. The maximum atomic E-state index is 12.4. The van der Waals surface area contributed by atoms with Crippen molar-refractivity contribution < 1.29 is 18.7 Å². The van der Waals surface area contributed by atoms with Crippen LogP contribution in [0.1, 0.15) is 40.3 Å². The second-order valence-corrected chi connectivity index (χ2v) is 14.0. The van der Waals surface area contributed by atoms with Crippen LogP contribution in [0.3, 0.4) is 0 Å². The van der Waals surface area contributed by atoms with Crippen molar-refractivity contribution in [3.8, 4) is 0 Å². The van der Waals surface area contributed by atoms with Gasteiger partial charge in [-0.15, -0.1) is 0 Å². The van der Waals surface area contributed by atoms with Gasteiger partial charge in [0.05, 0.1) is 18.4 Å². The Morgan fingerprint density at radius 1 is 1.25 bits per heavy atom. The Morgan fingerprint density at radius 3 is 2.50 bits per heavy atom. The predicted octanol–water partition coefficient (Wildman–Crippen LogP) is 2.02. The molecular formula is C19H30N2O6Si. The van der Waals surface area contributed by atoms with Crippen LogP contribution in [0.25, 0.3) is 0 Å². The second kappa shape index (κ2) is 7.27. The number of esters is 1. The van der Waals surface area contributed by atoms with Crippen LogP contribution in [0.2, 0.25) is 18.1 Å². The van der Waals surface area contributed by atoms with Crippen LogP contribution >= 0.6 is 0 Å². The molecule has 8 nitrogen and oxygen atoms in total. The van der Waals surface area contributed by atoms with Gasteiger partial charge in [0.25, 0.3) is 5.56 Å². The van der Waals surface area contributed by atoms with E-state index in [9.17, 15) is 14.4 Å². The Bertz CT molecular complexity index is 855. The molecule has 3 heterocycles. The first kappa shape index (κ1) is 21.0. The summed E-state index contributed by atoms with van der Waals surface area (Å²) in [5.74, 6) is -0.915. The van der Waals surface area contributed by atoms with Crippen molar-refractivity contribution in [2.24, 2.45) is 11.8 Å². The fourth-order valence-corrected chi connectivity index (χ4v) is 4.69. The molecule has 0 amide bonds. The van der Waals surface area contributed by atoms with Gasteiger partial charge in [0.15, 0.2) is 8.32 Å². The van der Waals surface area contributed by atoms with Crippen LogP contribution in [-0.2, 0) is 18.7 Å². The highest BCUT2D eigenvalue weighted by molar-refractivity contribution is 6.74. The number of ether oxygens (including phenoxy) is 2. The SMILES string of the molecule is CC[C@H]1C(=O)O[C@H]2[C@@H]1[C@H](n1ccc(=O)[nH]c1=O)O[C@@H]2CO[Si](C)(C)C(C)(C)C. The average Bonchev–Trinajstić information content (AvgIpc) is 3.08. The number of hydrogen-bond acceptors (Lipinski definition) is 6. The summed E-state index contributed by atoms with van der Waals surface area (Å²) in [7, 11) is -2.01. The molecule has 1 aromatic heterocycles. The first-order valence-corrected chi connectivity index (χ1v) is 12.7. The standard InChI is InChI=1S/C19H30N2O6Si/c1-7-11-14-15(27-17(11)23)12(10-25-28(5,6)19(2,3)4)26-16(14)21-9-8-13(22)20-18(21)24/h8-9,11-12,14-16H,7,10H2,1-6H3,(H,20,22,24)/t11-,12-,14-,15-,16-/m1/s1. The summed E-state index contributed by atoms with van der Waals surface area (Å²) in [4.78, 5) is 38.4. The molecule has 1 N–H and O–H groups in total. The van der Waals surface area contributed by atoms with Crippen LogP contribution in [0.5, 0.6) is 0 Å². The minimum Gasteiger partial charge on any atom is -0.459 e. The average molecular weight is 411 g/mol. The molecule has 1 aromatic rings. The Balaban J connectivity index is 1.89. The summed E-state index contributed by atoms with van der Waals surface area (Å²) in [5, 5.41) is 0.0402. The number of nitrogens with one attached hydrogen (secondary N) is 1.